The Morgan fingerprint density at radius 1 is 0.962 bits per heavy atom. The number of rotatable bonds is 4. The lowest BCUT2D eigenvalue weighted by molar-refractivity contribution is 0.102. The standard InChI is InChI=1S/C20H19FN4O/c1-12-5-4-6-13(2)18(12)25-19(26)17-11-14(3)22-20(24-17)23-16-9-7-15(21)8-10-16/h4-11H,1-3H3,(H,25,26)(H,22,23,24). The number of carbonyl (C=O) groups excluding carboxylic acids is 1. The first-order chi connectivity index (χ1) is 12.4. The van der Waals surface area contributed by atoms with E-state index in [0.717, 1.165) is 16.8 Å². The third kappa shape index (κ3) is 4.03. The molecule has 1 aromatic heterocycles. The van der Waals surface area contributed by atoms with Crippen LogP contribution >= 0.6 is 0 Å². The topological polar surface area (TPSA) is 66.9 Å². The molecule has 0 saturated heterocycles. The largest absolute Gasteiger partial charge is 0.324 e. The maximum absolute atomic E-state index is 13.0. The molecule has 0 radical (unpaired) electrons. The van der Waals surface area contributed by atoms with Crippen LogP contribution in [0, 0.1) is 26.6 Å². The molecular weight excluding hydrogens is 331 g/mol. The number of carbonyl (C=O) groups is 1. The highest BCUT2D eigenvalue weighted by Crippen LogP contribution is 2.21. The zero-order chi connectivity index (χ0) is 18.7. The summed E-state index contributed by atoms with van der Waals surface area (Å²) in [6, 6.07) is 13.3. The van der Waals surface area contributed by atoms with Gasteiger partial charge in [0.1, 0.15) is 11.5 Å². The van der Waals surface area contributed by atoms with Gasteiger partial charge in [-0.25, -0.2) is 14.4 Å². The molecule has 0 atom stereocenters. The molecule has 0 saturated carbocycles. The molecule has 5 nitrogen and oxygen atoms in total. The second-order valence-electron chi connectivity index (χ2n) is 6.07. The zero-order valence-electron chi connectivity index (χ0n) is 14.8. The molecular formula is C20H19FN4O. The van der Waals surface area contributed by atoms with Crippen LogP contribution in [-0.2, 0) is 0 Å². The van der Waals surface area contributed by atoms with Gasteiger partial charge in [0.25, 0.3) is 5.91 Å². The van der Waals surface area contributed by atoms with E-state index in [1.165, 1.54) is 12.1 Å². The average molecular weight is 350 g/mol. The Morgan fingerprint density at radius 3 is 2.27 bits per heavy atom. The SMILES string of the molecule is Cc1cc(C(=O)Nc2c(C)cccc2C)nc(Nc2ccc(F)cc2)n1. The average Bonchev–Trinajstić information content (AvgIpc) is 2.59. The number of amides is 1. The van der Waals surface area contributed by atoms with Crippen LogP contribution in [0.25, 0.3) is 0 Å². The van der Waals surface area contributed by atoms with E-state index in [0.29, 0.717) is 11.4 Å². The molecule has 3 aromatic rings. The van der Waals surface area contributed by atoms with Crippen molar-refractivity contribution < 1.29 is 9.18 Å². The van der Waals surface area contributed by atoms with Crippen molar-refractivity contribution in [2.45, 2.75) is 20.8 Å². The van der Waals surface area contributed by atoms with Gasteiger partial charge in [-0.3, -0.25) is 4.79 Å². The van der Waals surface area contributed by atoms with Gasteiger partial charge in [0, 0.05) is 17.1 Å². The summed E-state index contributed by atoms with van der Waals surface area (Å²) < 4.78 is 13.0. The van der Waals surface area contributed by atoms with Crippen LogP contribution in [0.2, 0.25) is 0 Å². The van der Waals surface area contributed by atoms with Gasteiger partial charge in [0.2, 0.25) is 5.95 Å². The highest BCUT2D eigenvalue weighted by atomic mass is 19.1. The van der Waals surface area contributed by atoms with E-state index in [4.69, 9.17) is 0 Å². The maximum Gasteiger partial charge on any atom is 0.274 e. The van der Waals surface area contributed by atoms with Crippen molar-refractivity contribution >= 4 is 23.2 Å². The van der Waals surface area contributed by atoms with Gasteiger partial charge in [-0.1, -0.05) is 18.2 Å². The number of hydrogen-bond acceptors (Lipinski definition) is 4. The Balaban J connectivity index is 1.84. The molecule has 0 bridgehead atoms. The summed E-state index contributed by atoms with van der Waals surface area (Å²) in [5, 5.41) is 5.90. The molecule has 0 fully saturated rings. The molecule has 0 unspecified atom stereocenters. The molecule has 6 heteroatoms. The minimum Gasteiger partial charge on any atom is -0.324 e. The van der Waals surface area contributed by atoms with Crippen LogP contribution in [0.4, 0.5) is 21.7 Å². The lowest BCUT2D eigenvalue weighted by Crippen LogP contribution is -2.17. The van der Waals surface area contributed by atoms with Crippen molar-refractivity contribution in [3.8, 4) is 0 Å². The van der Waals surface area contributed by atoms with Gasteiger partial charge < -0.3 is 10.6 Å². The first-order valence-corrected chi connectivity index (χ1v) is 8.18. The summed E-state index contributed by atoms with van der Waals surface area (Å²) in [6.07, 6.45) is 0. The first kappa shape index (κ1) is 17.5. The molecule has 2 N–H and O–H groups in total. The Labute approximate surface area is 151 Å². The number of hydrogen-bond donors (Lipinski definition) is 2. The molecule has 1 heterocycles. The van der Waals surface area contributed by atoms with E-state index in [-0.39, 0.29) is 23.4 Å². The van der Waals surface area contributed by atoms with Gasteiger partial charge in [0.05, 0.1) is 0 Å². The molecule has 26 heavy (non-hydrogen) atoms. The summed E-state index contributed by atoms with van der Waals surface area (Å²) in [7, 11) is 0. The van der Waals surface area contributed by atoms with Gasteiger partial charge in [0.15, 0.2) is 0 Å². The fourth-order valence-electron chi connectivity index (χ4n) is 2.59. The van der Waals surface area contributed by atoms with E-state index in [9.17, 15) is 9.18 Å². The third-order valence-corrected chi connectivity index (χ3v) is 3.91. The number of nitrogens with one attached hydrogen (secondary N) is 2. The van der Waals surface area contributed by atoms with Gasteiger partial charge in [-0.15, -0.1) is 0 Å². The highest BCUT2D eigenvalue weighted by Gasteiger charge is 2.13. The van der Waals surface area contributed by atoms with Crippen molar-refractivity contribution in [1.29, 1.82) is 0 Å². The minimum absolute atomic E-state index is 0.254. The van der Waals surface area contributed by atoms with Crippen molar-refractivity contribution in [2.75, 3.05) is 10.6 Å². The lowest BCUT2D eigenvalue weighted by Gasteiger charge is -2.12. The number of para-hydroxylation sites is 1. The minimum atomic E-state index is -0.325. The smallest absolute Gasteiger partial charge is 0.274 e. The van der Waals surface area contributed by atoms with E-state index in [1.807, 2.05) is 32.0 Å². The highest BCUT2D eigenvalue weighted by molar-refractivity contribution is 6.04. The number of aryl methyl sites for hydroxylation is 3. The van der Waals surface area contributed by atoms with E-state index < -0.39 is 0 Å². The van der Waals surface area contributed by atoms with Gasteiger partial charge >= 0.3 is 0 Å². The van der Waals surface area contributed by atoms with Crippen molar-refractivity contribution in [3.63, 3.8) is 0 Å². The number of benzene rings is 2. The van der Waals surface area contributed by atoms with Crippen molar-refractivity contribution in [2.24, 2.45) is 0 Å². The fourth-order valence-corrected chi connectivity index (χ4v) is 2.59. The molecule has 132 valence electrons. The van der Waals surface area contributed by atoms with Gasteiger partial charge in [-0.2, -0.15) is 0 Å². The van der Waals surface area contributed by atoms with Crippen LogP contribution in [0.5, 0.6) is 0 Å². The number of nitrogens with zero attached hydrogens (tertiary/aromatic N) is 2. The number of aromatic nitrogens is 2. The lowest BCUT2D eigenvalue weighted by atomic mass is 10.1. The zero-order valence-corrected chi connectivity index (χ0v) is 14.8. The van der Waals surface area contributed by atoms with E-state index in [2.05, 4.69) is 20.6 Å². The van der Waals surface area contributed by atoms with Crippen molar-refractivity contribution in [1.82, 2.24) is 9.97 Å². The molecule has 0 aliphatic heterocycles. The summed E-state index contributed by atoms with van der Waals surface area (Å²) in [5.41, 5.74) is 4.28. The van der Waals surface area contributed by atoms with Gasteiger partial charge in [-0.05, 0) is 62.2 Å². The van der Waals surface area contributed by atoms with Crippen molar-refractivity contribution in [3.05, 3.63) is 76.9 Å². The Bertz CT molecular complexity index is 934. The fraction of sp³-hybridized carbons (Fsp3) is 0.150. The van der Waals surface area contributed by atoms with E-state index >= 15 is 0 Å². The summed E-state index contributed by atoms with van der Waals surface area (Å²) >= 11 is 0. The summed E-state index contributed by atoms with van der Waals surface area (Å²) in [5.74, 6) is -0.354. The Hall–Kier alpha value is -3.28. The Kier molecular flexibility index (Phi) is 4.93. The molecule has 0 spiro atoms. The maximum atomic E-state index is 13.0. The molecule has 0 aliphatic carbocycles. The van der Waals surface area contributed by atoms with E-state index in [1.54, 1.807) is 25.1 Å². The normalized spacial score (nSPS) is 10.5. The molecule has 2 aromatic carbocycles. The second-order valence-corrected chi connectivity index (χ2v) is 6.07. The predicted molar refractivity (Wildman–Crippen MR) is 100 cm³/mol. The number of anilines is 3. The Morgan fingerprint density at radius 2 is 1.62 bits per heavy atom. The summed E-state index contributed by atoms with van der Waals surface area (Å²) in [4.78, 5) is 21.2. The van der Waals surface area contributed by atoms with Crippen LogP contribution < -0.4 is 10.6 Å². The summed E-state index contributed by atoms with van der Waals surface area (Å²) in [6.45, 7) is 5.66. The van der Waals surface area contributed by atoms with Crippen LogP contribution in [-0.4, -0.2) is 15.9 Å². The number of halogens is 1. The quantitative estimate of drug-likeness (QED) is 0.725. The molecule has 3 rings (SSSR count). The van der Waals surface area contributed by atoms with Crippen LogP contribution in [0.3, 0.4) is 0 Å². The molecule has 1 amide bonds. The monoisotopic (exact) mass is 350 g/mol. The van der Waals surface area contributed by atoms with Crippen LogP contribution in [0.15, 0.2) is 48.5 Å². The third-order valence-electron chi connectivity index (χ3n) is 3.91. The molecule has 0 aliphatic rings. The first-order valence-electron chi connectivity index (χ1n) is 8.18. The van der Waals surface area contributed by atoms with Crippen LogP contribution in [0.1, 0.15) is 27.3 Å². The second kappa shape index (κ2) is 7.31. The predicted octanol–water partition coefficient (Wildman–Crippen LogP) is 4.54.